The number of halogens is 2. The molecule has 0 saturated carbocycles. The lowest BCUT2D eigenvalue weighted by molar-refractivity contribution is -0.122. The molecule has 8 heteroatoms. The van der Waals surface area contributed by atoms with Crippen molar-refractivity contribution in [2.75, 3.05) is 5.32 Å². The van der Waals surface area contributed by atoms with Crippen molar-refractivity contribution in [1.82, 2.24) is 10.6 Å². The van der Waals surface area contributed by atoms with Gasteiger partial charge >= 0.3 is 0 Å². The van der Waals surface area contributed by atoms with Crippen molar-refractivity contribution in [2.45, 2.75) is 19.5 Å². The first-order chi connectivity index (χ1) is 15.3. The number of amides is 3. The summed E-state index contributed by atoms with van der Waals surface area (Å²) in [6.07, 6.45) is 0. The van der Waals surface area contributed by atoms with E-state index in [-0.39, 0.29) is 23.6 Å². The lowest BCUT2D eigenvalue weighted by Gasteiger charge is -2.15. The number of hydrogen-bond donors (Lipinski definition) is 3. The molecule has 0 aliphatic heterocycles. The second-order valence-corrected chi connectivity index (χ2v) is 7.46. The van der Waals surface area contributed by atoms with Gasteiger partial charge in [0.15, 0.2) is 0 Å². The Balaban J connectivity index is 1.55. The van der Waals surface area contributed by atoms with Crippen LogP contribution < -0.4 is 16.0 Å². The van der Waals surface area contributed by atoms with E-state index in [2.05, 4.69) is 16.0 Å². The number of rotatable bonds is 7. The summed E-state index contributed by atoms with van der Waals surface area (Å²) in [5, 5.41) is 8.35. The predicted octanol–water partition coefficient (Wildman–Crippen LogP) is 4.17. The number of carbonyl (C=O) groups is 3. The molecule has 0 radical (unpaired) electrons. The van der Waals surface area contributed by atoms with Crippen molar-refractivity contribution in [3.8, 4) is 0 Å². The highest BCUT2D eigenvalue weighted by molar-refractivity contribution is 6.33. The minimum atomic E-state index is -0.783. The molecule has 3 N–H and O–H groups in total. The number of benzene rings is 3. The van der Waals surface area contributed by atoms with Crippen LogP contribution in [0, 0.1) is 5.82 Å². The highest BCUT2D eigenvalue weighted by Gasteiger charge is 2.18. The zero-order valence-electron chi connectivity index (χ0n) is 17.2. The van der Waals surface area contributed by atoms with Crippen LogP contribution >= 0.6 is 11.6 Å². The first kappa shape index (κ1) is 23.0. The van der Waals surface area contributed by atoms with Crippen LogP contribution in [-0.4, -0.2) is 23.8 Å². The molecular formula is C24H21ClFN3O3. The van der Waals surface area contributed by atoms with Crippen LogP contribution in [0.2, 0.25) is 5.02 Å². The Morgan fingerprint density at radius 3 is 2.44 bits per heavy atom. The summed E-state index contributed by atoms with van der Waals surface area (Å²) in [4.78, 5) is 37.0. The van der Waals surface area contributed by atoms with E-state index in [9.17, 15) is 18.8 Å². The van der Waals surface area contributed by atoms with Crippen LogP contribution in [0.1, 0.15) is 33.2 Å². The standard InChI is InChI=1S/C24H21ClFN3O3/c1-15(28-24(32)20-10-2-3-11-21(20)25)22(30)27-14-16-6-4-9-19(12-16)29-23(31)17-7-5-8-18(26)13-17/h2-13,15H,14H2,1H3,(H,27,30)(H,28,32)(H,29,31). The van der Waals surface area contributed by atoms with Gasteiger partial charge in [-0.1, -0.05) is 41.9 Å². The maximum atomic E-state index is 13.3. The van der Waals surface area contributed by atoms with Crippen molar-refractivity contribution in [3.05, 3.63) is 100 Å². The van der Waals surface area contributed by atoms with Crippen molar-refractivity contribution >= 4 is 35.0 Å². The van der Waals surface area contributed by atoms with E-state index in [1.165, 1.54) is 18.2 Å². The summed E-state index contributed by atoms with van der Waals surface area (Å²) in [6.45, 7) is 1.76. The molecule has 6 nitrogen and oxygen atoms in total. The fourth-order valence-corrected chi connectivity index (χ4v) is 3.14. The van der Waals surface area contributed by atoms with Gasteiger partial charge in [0.2, 0.25) is 5.91 Å². The summed E-state index contributed by atoms with van der Waals surface area (Å²) in [5.41, 5.74) is 1.73. The van der Waals surface area contributed by atoms with Gasteiger partial charge in [-0.3, -0.25) is 14.4 Å². The third-order valence-corrected chi connectivity index (χ3v) is 4.93. The van der Waals surface area contributed by atoms with Gasteiger partial charge in [0.05, 0.1) is 10.6 Å². The third-order valence-electron chi connectivity index (χ3n) is 4.60. The SMILES string of the molecule is CC(NC(=O)c1ccccc1Cl)C(=O)NCc1cccc(NC(=O)c2cccc(F)c2)c1. The molecule has 0 spiro atoms. The second kappa shape index (κ2) is 10.5. The Kier molecular flexibility index (Phi) is 7.57. The van der Waals surface area contributed by atoms with Gasteiger partial charge in [-0.05, 0) is 55.0 Å². The molecule has 0 aliphatic carbocycles. The molecule has 0 aromatic heterocycles. The first-order valence-electron chi connectivity index (χ1n) is 9.82. The smallest absolute Gasteiger partial charge is 0.255 e. The lowest BCUT2D eigenvalue weighted by atomic mass is 10.1. The predicted molar refractivity (Wildman–Crippen MR) is 121 cm³/mol. The van der Waals surface area contributed by atoms with Crippen LogP contribution in [0.15, 0.2) is 72.8 Å². The normalized spacial score (nSPS) is 11.3. The van der Waals surface area contributed by atoms with Gasteiger partial charge in [0.1, 0.15) is 11.9 Å². The summed E-state index contributed by atoms with van der Waals surface area (Å²) in [6, 6.07) is 18.1. The number of carbonyl (C=O) groups excluding carboxylic acids is 3. The minimum Gasteiger partial charge on any atom is -0.350 e. The monoisotopic (exact) mass is 453 g/mol. The Bertz CT molecular complexity index is 1150. The van der Waals surface area contributed by atoms with E-state index in [0.29, 0.717) is 10.7 Å². The molecule has 0 fully saturated rings. The van der Waals surface area contributed by atoms with E-state index < -0.39 is 23.7 Å². The van der Waals surface area contributed by atoms with E-state index in [0.717, 1.165) is 11.6 Å². The van der Waals surface area contributed by atoms with Crippen molar-refractivity contribution in [3.63, 3.8) is 0 Å². The van der Waals surface area contributed by atoms with Crippen LogP contribution in [0.25, 0.3) is 0 Å². The number of anilines is 1. The first-order valence-corrected chi connectivity index (χ1v) is 10.2. The molecule has 3 aromatic rings. The topological polar surface area (TPSA) is 87.3 Å². The molecule has 3 aromatic carbocycles. The molecule has 32 heavy (non-hydrogen) atoms. The van der Waals surface area contributed by atoms with E-state index in [1.54, 1.807) is 55.5 Å². The molecule has 0 bridgehead atoms. The zero-order chi connectivity index (χ0) is 23.1. The van der Waals surface area contributed by atoms with Gasteiger partial charge < -0.3 is 16.0 Å². The van der Waals surface area contributed by atoms with Crippen molar-refractivity contribution < 1.29 is 18.8 Å². The Hall–Kier alpha value is -3.71. The number of hydrogen-bond acceptors (Lipinski definition) is 3. The molecule has 0 saturated heterocycles. The molecule has 164 valence electrons. The van der Waals surface area contributed by atoms with Gasteiger partial charge in [-0.2, -0.15) is 0 Å². The molecule has 1 atom stereocenters. The van der Waals surface area contributed by atoms with Gasteiger partial charge in [0, 0.05) is 17.8 Å². The van der Waals surface area contributed by atoms with Crippen LogP contribution in [-0.2, 0) is 11.3 Å². The maximum absolute atomic E-state index is 13.3. The van der Waals surface area contributed by atoms with Gasteiger partial charge in [0.25, 0.3) is 11.8 Å². The third kappa shape index (κ3) is 6.15. The lowest BCUT2D eigenvalue weighted by Crippen LogP contribution is -2.44. The summed E-state index contributed by atoms with van der Waals surface area (Å²) in [7, 11) is 0. The molecule has 0 heterocycles. The quantitative estimate of drug-likeness (QED) is 0.502. The highest BCUT2D eigenvalue weighted by Crippen LogP contribution is 2.15. The van der Waals surface area contributed by atoms with Gasteiger partial charge in [-0.15, -0.1) is 0 Å². The number of nitrogens with one attached hydrogen (secondary N) is 3. The van der Waals surface area contributed by atoms with Crippen LogP contribution in [0.4, 0.5) is 10.1 Å². The zero-order valence-corrected chi connectivity index (χ0v) is 17.9. The Morgan fingerprint density at radius 2 is 1.69 bits per heavy atom. The van der Waals surface area contributed by atoms with Crippen LogP contribution in [0.5, 0.6) is 0 Å². The van der Waals surface area contributed by atoms with E-state index in [1.807, 2.05) is 0 Å². The molecule has 1 unspecified atom stereocenters. The van der Waals surface area contributed by atoms with Crippen molar-refractivity contribution in [1.29, 1.82) is 0 Å². The molecule has 3 rings (SSSR count). The van der Waals surface area contributed by atoms with Crippen molar-refractivity contribution in [2.24, 2.45) is 0 Å². The summed E-state index contributed by atoms with van der Waals surface area (Å²) in [5.74, 6) is -1.76. The Morgan fingerprint density at radius 1 is 0.938 bits per heavy atom. The van der Waals surface area contributed by atoms with Crippen LogP contribution in [0.3, 0.4) is 0 Å². The average molecular weight is 454 g/mol. The minimum absolute atomic E-state index is 0.189. The van der Waals surface area contributed by atoms with Gasteiger partial charge in [-0.25, -0.2) is 4.39 Å². The average Bonchev–Trinajstić information content (AvgIpc) is 2.78. The maximum Gasteiger partial charge on any atom is 0.255 e. The Labute approximate surface area is 189 Å². The summed E-state index contributed by atoms with van der Waals surface area (Å²) >= 11 is 6.01. The second-order valence-electron chi connectivity index (χ2n) is 7.06. The van der Waals surface area contributed by atoms with E-state index in [4.69, 9.17) is 11.6 Å². The highest BCUT2D eigenvalue weighted by atomic mass is 35.5. The van der Waals surface area contributed by atoms with E-state index >= 15 is 0 Å². The fraction of sp³-hybridized carbons (Fsp3) is 0.125. The largest absolute Gasteiger partial charge is 0.350 e. The summed E-state index contributed by atoms with van der Waals surface area (Å²) < 4.78 is 13.3. The molecular weight excluding hydrogens is 433 g/mol. The fourth-order valence-electron chi connectivity index (χ4n) is 2.92. The molecule has 0 aliphatic rings. The molecule has 3 amide bonds.